The molecule has 0 saturated heterocycles. The second-order valence-electron chi connectivity index (χ2n) is 3.26. The minimum atomic E-state index is -0.854. The number of nitrogens with zero attached hydrogens (tertiary/aromatic N) is 2. The van der Waals surface area contributed by atoms with Crippen molar-refractivity contribution in [3.8, 4) is 12.3 Å². The van der Waals surface area contributed by atoms with Crippen molar-refractivity contribution in [2.45, 2.75) is 12.8 Å². The van der Waals surface area contributed by atoms with E-state index in [0.29, 0.717) is 13.0 Å². The molecule has 5 nitrogen and oxygen atoms in total. The molecule has 0 fully saturated rings. The zero-order chi connectivity index (χ0) is 11.8. The Morgan fingerprint density at radius 3 is 2.40 bits per heavy atom. The molecule has 0 aliphatic heterocycles. The minimum Gasteiger partial charge on any atom is -0.481 e. The van der Waals surface area contributed by atoms with Gasteiger partial charge in [0.25, 0.3) is 0 Å². The van der Waals surface area contributed by atoms with Crippen molar-refractivity contribution in [1.29, 1.82) is 0 Å². The van der Waals surface area contributed by atoms with Gasteiger partial charge in [-0.15, -0.1) is 6.42 Å². The Bertz CT molecular complexity index is 270. The van der Waals surface area contributed by atoms with Crippen LogP contribution in [0.15, 0.2) is 0 Å². The van der Waals surface area contributed by atoms with Gasteiger partial charge in [-0.1, -0.05) is 5.92 Å². The molecular formula is C10H16N2O3. The lowest BCUT2D eigenvalue weighted by atomic mass is 10.3. The van der Waals surface area contributed by atoms with Gasteiger partial charge in [-0.3, -0.25) is 4.79 Å². The molecule has 0 radical (unpaired) electrons. The van der Waals surface area contributed by atoms with Gasteiger partial charge in [0.1, 0.15) is 0 Å². The molecule has 5 heteroatoms. The number of hydrogen-bond donors (Lipinski definition) is 1. The number of urea groups is 1. The van der Waals surface area contributed by atoms with E-state index in [4.69, 9.17) is 11.5 Å². The average molecular weight is 212 g/mol. The van der Waals surface area contributed by atoms with Gasteiger partial charge in [-0.05, 0) is 6.42 Å². The Morgan fingerprint density at radius 1 is 1.33 bits per heavy atom. The smallest absolute Gasteiger partial charge is 0.320 e. The Morgan fingerprint density at radius 2 is 1.93 bits per heavy atom. The number of aliphatic carboxylic acids is 1. The van der Waals surface area contributed by atoms with Gasteiger partial charge < -0.3 is 14.9 Å². The van der Waals surface area contributed by atoms with Crippen molar-refractivity contribution >= 4 is 12.0 Å². The molecule has 0 aliphatic carbocycles. The van der Waals surface area contributed by atoms with Crippen LogP contribution < -0.4 is 0 Å². The lowest BCUT2D eigenvalue weighted by molar-refractivity contribution is -0.137. The maximum atomic E-state index is 11.5. The van der Waals surface area contributed by atoms with Crippen LogP contribution in [0.5, 0.6) is 0 Å². The molecule has 0 aromatic rings. The summed E-state index contributed by atoms with van der Waals surface area (Å²) in [6.07, 6.45) is 5.58. The zero-order valence-electron chi connectivity index (χ0n) is 9.06. The third kappa shape index (κ3) is 5.57. The molecule has 0 saturated carbocycles. The Hall–Kier alpha value is -1.70. The van der Waals surface area contributed by atoms with Crippen molar-refractivity contribution < 1.29 is 14.7 Å². The van der Waals surface area contributed by atoms with Crippen molar-refractivity contribution in [3.05, 3.63) is 0 Å². The number of carboxylic acid groups (broad SMARTS) is 1. The highest BCUT2D eigenvalue weighted by Gasteiger charge is 2.12. The van der Waals surface area contributed by atoms with Gasteiger partial charge >= 0.3 is 12.0 Å². The zero-order valence-corrected chi connectivity index (χ0v) is 9.06. The maximum absolute atomic E-state index is 11.5. The Labute approximate surface area is 89.7 Å². The molecule has 0 bridgehead atoms. The summed E-state index contributed by atoms with van der Waals surface area (Å²) in [5.41, 5.74) is 0. The van der Waals surface area contributed by atoms with E-state index in [-0.39, 0.29) is 19.0 Å². The first kappa shape index (κ1) is 13.3. The predicted molar refractivity (Wildman–Crippen MR) is 56.4 cm³/mol. The highest BCUT2D eigenvalue weighted by molar-refractivity contribution is 5.74. The number of rotatable bonds is 5. The molecule has 1 N–H and O–H groups in total. The normalized spacial score (nSPS) is 9.13. The summed E-state index contributed by atoms with van der Waals surface area (Å²) < 4.78 is 0. The molecule has 0 spiro atoms. The molecular weight excluding hydrogens is 196 g/mol. The number of carbonyl (C=O) groups excluding carboxylic acids is 1. The Balaban J connectivity index is 3.89. The van der Waals surface area contributed by atoms with Crippen molar-refractivity contribution in [2.24, 2.45) is 0 Å². The minimum absolute atomic E-state index is 0.0659. The van der Waals surface area contributed by atoms with Crippen LogP contribution in [0.1, 0.15) is 12.8 Å². The van der Waals surface area contributed by atoms with Gasteiger partial charge in [-0.25, -0.2) is 4.79 Å². The van der Waals surface area contributed by atoms with Crippen LogP contribution in [0.3, 0.4) is 0 Å². The van der Waals surface area contributed by atoms with E-state index in [1.54, 1.807) is 14.1 Å². The van der Waals surface area contributed by atoms with Crippen molar-refractivity contribution in [3.63, 3.8) is 0 Å². The summed E-state index contributed by atoms with van der Waals surface area (Å²) in [7, 11) is 3.23. The van der Waals surface area contributed by atoms with Gasteiger partial charge in [0.2, 0.25) is 0 Å². The third-order valence-corrected chi connectivity index (χ3v) is 1.87. The van der Waals surface area contributed by atoms with Crippen molar-refractivity contribution in [1.82, 2.24) is 9.80 Å². The predicted octanol–water partition coefficient (Wildman–Crippen LogP) is 0.468. The van der Waals surface area contributed by atoms with Crippen LogP contribution in [0.4, 0.5) is 4.79 Å². The first-order chi connectivity index (χ1) is 6.99. The highest BCUT2D eigenvalue weighted by atomic mass is 16.4. The molecule has 0 aliphatic rings. The maximum Gasteiger partial charge on any atom is 0.320 e. The highest BCUT2D eigenvalue weighted by Crippen LogP contribution is 1.97. The van der Waals surface area contributed by atoms with Crippen molar-refractivity contribution in [2.75, 3.05) is 27.2 Å². The second kappa shape index (κ2) is 6.71. The first-order valence-electron chi connectivity index (χ1n) is 4.60. The van der Waals surface area contributed by atoms with Gasteiger partial charge in [0.15, 0.2) is 0 Å². The van der Waals surface area contributed by atoms with E-state index < -0.39 is 5.97 Å². The fourth-order valence-electron chi connectivity index (χ4n) is 1.06. The fraction of sp³-hybridized carbons (Fsp3) is 0.600. The topological polar surface area (TPSA) is 60.9 Å². The summed E-state index contributed by atoms with van der Waals surface area (Å²) in [6, 6.07) is -0.196. The molecule has 0 unspecified atom stereocenters. The quantitative estimate of drug-likeness (QED) is 0.674. The second-order valence-corrected chi connectivity index (χ2v) is 3.26. The van der Waals surface area contributed by atoms with E-state index in [1.165, 1.54) is 9.80 Å². The number of carboxylic acids is 1. The standard InChI is InChI=1S/C10H16N2O3/c1-4-7-11(2)10(15)12(3)8-5-6-9(13)14/h1H,5-8H2,2-3H3,(H,13,14). The monoisotopic (exact) mass is 212 g/mol. The average Bonchev–Trinajstić information content (AvgIpc) is 2.16. The number of amides is 2. The first-order valence-corrected chi connectivity index (χ1v) is 4.60. The Kier molecular flexibility index (Phi) is 5.95. The summed E-state index contributed by atoms with van der Waals surface area (Å²) >= 11 is 0. The number of hydrogen-bond acceptors (Lipinski definition) is 2. The molecule has 0 heterocycles. The molecule has 0 rings (SSSR count). The van der Waals surface area contributed by atoms with E-state index in [1.807, 2.05) is 0 Å². The van der Waals surface area contributed by atoms with Crippen LogP contribution in [0, 0.1) is 12.3 Å². The summed E-state index contributed by atoms with van der Waals surface area (Å²) in [5.74, 6) is 1.51. The van der Waals surface area contributed by atoms with Gasteiger partial charge in [0.05, 0.1) is 6.54 Å². The molecule has 84 valence electrons. The van der Waals surface area contributed by atoms with Gasteiger partial charge in [0, 0.05) is 27.1 Å². The molecule has 15 heavy (non-hydrogen) atoms. The lowest BCUT2D eigenvalue weighted by Crippen LogP contribution is -2.39. The van der Waals surface area contributed by atoms with Crippen LogP contribution in [0.2, 0.25) is 0 Å². The van der Waals surface area contributed by atoms with E-state index in [2.05, 4.69) is 5.92 Å². The van der Waals surface area contributed by atoms with Crippen LogP contribution >= 0.6 is 0 Å². The number of terminal acetylenes is 1. The van der Waals surface area contributed by atoms with E-state index in [9.17, 15) is 9.59 Å². The largest absolute Gasteiger partial charge is 0.481 e. The lowest BCUT2D eigenvalue weighted by Gasteiger charge is -2.23. The summed E-state index contributed by atoms with van der Waals surface area (Å²) in [5, 5.41) is 8.42. The molecule has 2 amide bonds. The molecule has 0 aromatic carbocycles. The van der Waals surface area contributed by atoms with E-state index >= 15 is 0 Å². The molecule has 0 aromatic heterocycles. The van der Waals surface area contributed by atoms with Gasteiger partial charge in [-0.2, -0.15) is 0 Å². The SMILES string of the molecule is C#CCN(C)C(=O)N(C)CCCC(=O)O. The third-order valence-electron chi connectivity index (χ3n) is 1.87. The van der Waals surface area contributed by atoms with E-state index in [0.717, 1.165) is 0 Å². The number of carbonyl (C=O) groups is 2. The van der Waals surface area contributed by atoms with Crippen LogP contribution in [-0.2, 0) is 4.79 Å². The fourth-order valence-corrected chi connectivity index (χ4v) is 1.06. The molecule has 0 atom stereocenters. The van der Waals surface area contributed by atoms with Crippen LogP contribution in [0.25, 0.3) is 0 Å². The summed E-state index contributed by atoms with van der Waals surface area (Å²) in [4.78, 5) is 24.6. The van der Waals surface area contributed by atoms with Crippen LogP contribution in [-0.4, -0.2) is 54.1 Å². The summed E-state index contributed by atoms with van der Waals surface area (Å²) in [6.45, 7) is 0.669.